The Morgan fingerprint density at radius 3 is 2.05 bits per heavy atom. The number of nitrogens with zero attached hydrogens (tertiary/aromatic N) is 1. The molecule has 0 amide bonds. The van der Waals surface area contributed by atoms with Crippen molar-refractivity contribution in [3.05, 3.63) is 0 Å². The minimum absolute atomic E-state index is 0.352. The highest BCUT2D eigenvalue weighted by atomic mass is 15.2. The Balaban J connectivity index is 1.63. The Bertz CT molecular complexity index is 253. The Kier molecular flexibility index (Phi) is 5.30. The fourth-order valence-corrected chi connectivity index (χ4v) is 3.62. The molecule has 1 aliphatic heterocycles. The Hall–Kier alpha value is -0.0800. The number of piperidine rings is 1. The third kappa shape index (κ3) is 4.75. The summed E-state index contributed by atoms with van der Waals surface area (Å²) in [6.07, 6.45) is 8.48. The largest absolute Gasteiger partial charge is 0.314 e. The summed E-state index contributed by atoms with van der Waals surface area (Å²) in [5, 5.41) is 3.85. The molecule has 0 atom stereocenters. The van der Waals surface area contributed by atoms with Crippen molar-refractivity contribution in [2.75, 3.05) is 19.6 Å². The van der Waals surface area contributed by atoms with Crippen LogP contribution in [-0.2, 0) is 0 Å². The van der Waals surface area contributed by atoms with Gasteiger partial charge in [0.1, 0.15) is 0 Å². The number of hydrogen-bond acceptors (Lipinski definition) is 2. The number of nitrogens with one attached hydrogen (secondary N) is 1. The van der Waals surface area contributed by atoms with Crippen molar-refractivity contribution < 1.29 is 0 Å². The van der Waals surface area contributed by atoms with Crippen LogP contribution in [0.3, 0.4) is 0 Å². The molecule has 112 valence electrons. The lowest BCUT2D eigenvalue weighted by Gasteiger charge is -2.41. The van der Waals surface area contributed by atoms with E-state index in [0.717, 1.165) is 17.9 Å². The maximum absolute atomic E-state index is 3.85. The normalized spacial score (nSPS) is 31.6. The lowest BCUT2D eigenvalue weighted by atomic mass is 9.83. The van der Waals surface area contributed by atoms with Gasteiger partial charge in [0, 0.05) is 24.7 Å². The summed E-state index contributed by atoms with van der Waals surface area (Å²) in [7, 11) is 0. The highest BCUT2D eigenvalue weighted by molar-refractivity contribution is 4.85. The topological polar surface area (TPSA) is 15.3 Å². The number of rotatable bonds is 3. The molecule has 1 aliphatic carbocycles. The first-order valence-electron chi connectivity index (χ1n) is 8.43. The van der Waals surface area contributed by atoms with Crippen molar-refractivity contribution in [3.63, 3.8) is 0 Å². The molecule has 0 radical (unpaired) electrons. The summed E-state index contributed by atoms with van der Waals surface area (Å²) in [5.41, 5.74) is 0.352. The van der Waals surface area contributed by atoms with Crippen LogP contribution < -0.4 is 5.32 Å². The van der Waals surface area contributed by atoms with Crippen LogP contribution >= 0.6 is 0 Å². The molecular formula is C17H34N2. The molecule has 0 aromatic carbocycles. The second kappa shape index (κ2) is 6.58. The van der Waals surface area contributed by atoms with Gasteiger partial charge in [-0.2, -0.15) is 0 Å². The van der Waals surface area contributed by atoms with Crippen molar-refractivity contribution >= 4 is 0 Å². The molecule has 2 fully saturated rings. The van der Waals surface area contributed by atoms with Crippen LogP contribution in [0.2, 0.25) is 0 Å². The van der Waals surface area contributed by atoms with Gasteiger partial charge in [-0.25, -0.2) is 0 Å². The van der Waals surface area contributed by atoms with Gasteiger partial charge in [-0.1, -0.05) is 19.8 Å². The van der Waals surface area contributed by atoms with Crippen LogP contribution in [0.1, 0.15) is 66.2 Å². The molecule has 0 unspecified atom stereocenters. The first-order chi connectivity index (χ1) is 8.95. The summed E-state index contributed by atoms with van der Waals surface area (Å²) in [5.74, 6) is 1.93. The average Bonchev–Trinajstić information content (AvgIpc) is 2.37. The van der Waals surface area contributed by atoms with Crippen molar-refractivity contribution in [3.8, 4) is 0 Å². The molecule has 1 saturated heterocycles. The Morgan fingerprint density at radius 1 is 0.947 bits per heavy atom. The predicted octanol–water partition coefficient (Wildman–Crippen LogP) is 3.67. The van der Waals surface area contributed by atoms with Crippen LogP contribution in [0, 0.1) is 11.8 Å². The molecule has 0 bridgehead atoms. The van der Waals surface area contributed by atoms with E-state index in [1.165, 1.54) is 58.2 Å². The van der Waals surface area contributed by atoms with E-state index in [2.05, 4.69) is 37.9 Å². The minimum Gasteiger partial charge on any atom is -0.314 e. The first kappa shape index (κ1) is 15.3. The lowest BCUT2D eigenvalue weighted by molar-refractivity contribution is 0.0946. The molecule has 19 heavy (non-hydrogen) atoms. The second-order valence-electron chi connectivity index (χ2n) is 7.97. The van der Waals surface area contributed by atoms with Crippen LogP contribution in [-0.4, -0.2) is 36.1 Å². The number of likely N-dealkylation sites (tertiary alicyclic amines) is 1. The molecule has 1 N–H and O–H groups in total. The van der Waals surface area contributed by atoms with Gasteiger partial charge in [-0.3, -0.25) is 4.90 Å². The predicted molar refractivity (Wildman–Crippen MR) is 83.5 cm³/mol. The van der Waals surface area contributed by atoms with Gasteiger partial charge in [0.05, 0.1) is 0 Å². The van der Waals surface area contributed by atoms with Crippen molar-refractivity contribution in [2.24, 2.45) is 11.8 Å². The molecule has 1 saturated carbocycles. The third-order valence-electron chi connectivity index (χ3n) is 5.27. The standard InChI is InChI=1S/C17H34N2/c1-14-5-7-15(8-6-14)13-18-16-9-11-19(12-10-16)17(2,3)4/h14-16,18H,5-13H2,1-4H3. The van der Waals surface area contributed by atoms with Gasteiger partial charge in [0.15, 0.2) is 0 Å². The zero-order valence-corrected chi connectivity index (χ0v) is 13.5. The van der Waals surface area contributed by atoms with E-state index in [4.69, 9.17) is 0 Å². The highest BCUT2D eigenvalue weighted by Crippen LogP contribution is 2.28. The summed E-state index contributed by atoms with van der Waals surface area (Å²) in [6.45, 7) is 13.2. The quantitative estimate of drug-likeness (QED) is 0.838. The van der Waals surface area contributed by atoms with Gasteiger partial charge in [-0.15, -0.1) is 0 Å². The lowest BCUT2D eigenvalue weighted by Crippen LogP contribution is -2.50. The van der Waals surface area contributed by atoms with Crippen LogP contribution in [0.25, 0.3) is 0 Å². The average molecular weight is 266 g/mol. The van der Waals surface area contributed by atoms with Gasteiger partial charge < -0.3 is 5.32 Å². The zero-order valence-electron chi connectivity index (χ0n) is 13.5. The maximum Gasteiger partial charge on any atom is 0.0125 e. The molecule has 0 aromatic heterocycles. The Morgan fingerprint density at radius 2 is 1.53 bits per heavy atom. The smallest absolute Gasteiger partial charge is 0.0125 e. The third-order valence-corrected chi connectivity index (χ3v) is 5.27. The van der Waals surface area contributed by atoms with E-state index in [-0.39, 0.29) is 0 Å². The molecule has 2 nitrogen and oxygen atoms in total. The number of hydrogen-bond donors (Lipinski definition) is 1. The van der Waals surface area contributed by atoms with E-state index in [0.29, 0.717) is 5.54 Å². The molecular weight excluding hydrogens is 232 g/mol. The van der Waals surface area contributed by atoms with Crippen molar-refractivity contribution in [1.82, 2.24) is 10.2 Å². The monoisotopic (exact) mass is 266 g/mol. The summed E-state index contributed by atoms with van der Waals surface area (Å²) < 4.78 is 0. The van der Waals surface area contributed by atoms with Gasteiger partial charge in [0.2, 0.25) is 0 Å². The maximum atomic E-state index is 3.85. The Labute approximate surface area is 120 Å². The molecule has 0 spiro atoms. The minimum atomic E-state index is 0.352. The van der Waals surface area contributed by atoms with E-state index < -0.39 is 0 Å². The molecule has 2 rings (SSSR count). The van der Waals surface area contributed by atoms with E-state index in [1.54, 1.807) is 0 Å². The van der Waals surface area contributed by atoms with Gasteiger partial charge in [-0.05, 0) is 64.8 Å². The first-order valence-corrected chi connectivity index (χ1v) is 8.43. The fourth-order valence-electron chi connectivity index (χ4n) is 3.62. The van der Waals surface area contributed by atoms with E-state index in [1.807, 2.05) is 0 Å². The molecule has 2 aliphatic rings. The summed E-state index contributed by atoms with van der Waals surface area (Å²) in [6, 6.07) is 0.776. The SMILES string of the molecule is CC1CCC(CNC2CCN(C(C)(C)C)CC2)CC1. The van der Waals surface area contributed by atoms with Gasteiger partial charge >= 0.3 is 0 Å². The van der Waals surface area contributed by atoms with Gasteiger partial charge in [0.25, 0.3) is 0 Å². The zero-order chi connectivity index (χ0) is 13.9. The molecule has 2 heteroatoms. The van der Waals surface area contributed by atoms with Crippen LogP contribution in [0.5, 0.6) is 0 Å². The molecule has 0 aromatic rings. The van der Waals surface area contributed by atoms with E-state index >= 15 is 0 Å². The summed E-state index contributed by atoms with van der Waals surface area (Å²) in [4.78, 5) is 2.63. The van der Waals surface area contributed by atoms with E-state index in [9.17, 15) is 0 Å². The van der Waals surface area contributed by atoms with Crippen LogP contribution in [0.4, 0.5) is 0 Å². The summed E-state index contributed by atoms with van der Waals surface area (Å²) >= 11 is 0. The highest BCUT2D eigenvalue weighted by Gasteiger charge is 2.27. The molecule has 1 heterocycles. The second-order valence-corrected chi connectivity index (χ2v) is 7.97. The fraction of sp³-hybridized carbons (Fsp3) is 1.00. The van der Waals surface area contributed by atoms with Crippen LogP contribution in [0.15, 0.2) is 0 Å². The van der Waals surface area contributed by atoms with Crippen molar-refractivity contribution in [2.45, 2.75) is 77.8 Å². The van der Waals surface area contributed by atoms with Crippen molar-refractivity contribution in [1.29, 1.82) is 0 Å².